The lowest BCUT2D eigenvalue weighted by Gasteiger charge is -2.16. The number of aryl methyl sites for hydroxylation is 1. The lowest BCUT2D eigenvalue weighted by atomic mass is 10.1. The van der Waals surface area contributed by atoms with Crippen LogP contribution in [-0.4, -0.2) is 19.3 Å². The van der Waals surface area contributed by atoms with Crippen LogP contribution >= 0.6 is 22.9 Å². The van der Waals surface area contributed by atoms with Gasteiger partial charge in [0.15, 0.2) is 11.5 Å². The zero-order chi connectivity index (χ0) is 14.0. The summed E-state index contributed by atoms with van der Waals surface area (Å²) in [7, 11) is 3.07. The lowest BCUT2D eigenvalue weighted by molar-refractivity contribution is 0.223. The first-order chi connectivity index (χ1) is 9.08. The Hall–Kier alpha value is -1.23. The van der Waals surface area contributed by atoms with Crippen molar-refractivity contribution in [1.82, 2.24) is 0 Å². The van der Waals surface area contributed by atoms with Crippen LogP contribution in [0, 0.1) is 6.92 Å². The third-order valence-corrected chi connectivity index (χ3v) is 4.28. The Labute approximate surface area is 121 Å². The van der Waals surface area contributed by atoms with E-state index in [0.717, 1.165) is 9.75 Å². The fraction of sp³-hybridized carbons (Fsp3) is 0.286. The summed E-state index contributed by atoms with van der Waals surface area (Å²) in [4.78, 5) is 2.00. The summed E-state index contributed by atoms with van der Waals surface area (Å²) < 4.78 is 10.4. The molecule has 0 aliphatic heterocycles. The average Bonchev–Trinajstić information content (AvgIpc) is 2.84. The molecule has 0 aliphatic rings. The van der Waals surface area contributed by atoms with Gasteiger partial charge in [0, 0.05) is 15.3 Å². The Morgan fingerprint density at radius 1 is 1.16 bits per heavy atom. The number of methoxy groups -OCH3 is 2. The summed E-state index contributed by atoms with van der Waals surface area (Å²) in [5.74, 6) is 0.986. The predicted molar refractivity (Wildman–Crippen MR) is 77.7 cm³/mol. The summed E-state index contributed by atoms with van der Waals surface area (Å²) in [6.07, 6.45) is -0.758. The summed E-state index contributed by atoms with van der Waals surface area (Å²) in [5, 5.41) is 10.8. The van der Waals surface area contributed by atoms with Crippen molar-refractivity contribution in [3.05, 3.63) is 44.6 Å². The predicted octanol–water partition coefficient (Wildman–Crippen LogP) is 3.81. The van der Waals surface area contributed by atoms with Gasteiger partial charge < -0.3 is 14.6 Å². The van der Waals surface area contributed by atoms with Crippen LogP contribution < -0.4 is 9.47 Å². The van der Waals surface area contributed by atoms with Gasteiger partial charge in [0.25, 0.3) is 0 Å². The summed E-state index contributed by atoms with van der Waals surface area (Å²) in [6.45, 7) is 2.00. The molecule has 3 nitrogen and oxygen atoms in total. The van der Waals surface area contributed by atoms with Crippen molar-refractivity contribution >= 4 is 22.9 Å². The van der Waals surface area contributed by atoms with E-state index >= 15 is 0 Å². The Bertz CT molecular complexity index is 580. The van der Waals surface area contributed by atoms with E-state index in [2.05, 4.69) is 0 Å². The number of aliphatic hydroxyl groups excluding tert-OH is 1. The quantitative estimate of drug-likeness (QED) is 0.933. The van der Waals surface area contributed by atoms with Gasteiger partial charge in [0.1, 0.15) is 6.10 Å². The molecule has 0 fully saturated rings. The highest BCUT2D eigenvalue weighted by molar-refractivity contribution is 7.12. The molecule has 19 heavy (non-hydrogen) atoms. The lowest BCUT2D eigenvalue weighted by Crippen LogP contribution is -2.01. The Balaban J connectivity index is 2.45. The van der Waals surface area contributed by atoms with Gasteiger partial charge in [-0.05, 0) is 25.1 Å². The van der Waals surface area contributed by atoms with E-state index in [1.54, 1.807) is 30.6 Å². The maximum absolute atomic E-state index is 10.4. The van der Waals surface area contributed by atoms with Crippen molar-refractivity contribution in [2.45, 2.75) is 13.0 Å². The molecular formula is C14H15ClO3S. The van der Waals surface area contributed by atoms with Gasteiger partial charge in [-0.25, -0.2) is 0 Å². The number of aliphatic hydroxyl groups is 1. The third-order valence-electron chi connectivity index (χ3n) is 2.84. The normalized spacial score (nSPS) is 12.3. The van der Waals surface area contributed by atoms with Crippen molar-refractivity contribution < 1.29 is 14.6 Å². The van der Waals surface area contributed by atoms with Crippen LogP contribution in [0.2, 0.25) is 5.02 Å². The number of halogens is 1. The highest BCUT2D eigenvalue weighted by atomic mass is 35.5. The molecule has 1 aromatic carbocycles. The first-order valence-corrected chi connectivity index (χ1v) is 6.92. The van der Waals surface area contributed by atoms with Gasteiger partial charge >= 0.3 is 0 Å². The molecule has 1 N–H and O–H groups in total. The molecule has 2 rings (SSSR count). The number of ether oxygens (including phenoxy) is 2. The largest absolute Gasteiger partial charge is 0.493 e. The van der Waals surface area contributed by atoms with Crippen LogP contribution in [0.25, 0.3) is 0 Å². The fourth-order valence-electron chi connectivity index (χ4n) is 1.87. The minimum absolute atomic E-state index is 0.375. The molecular weight excluding hydrogens is 284 g/mol. The highest BCUT2D eigenvalue weighted by Gasteiger charge is 2.20. The molecule has 1 aromatic heterocycles. The molecule has 0 saturated carbocycles. The molecule has 1 atom stereocenters. The van der Waals surface area contributed by atoms with Crippen molar-refractivity contribution in [3.8, 4) is 11.5 Å². The van der Waals surface area contributed by atoms with Gasteiger partial charge in [0.2, 0.25) is 0 Å². The number of hydrogen-bond donors (Lipinski definition) is 1. The second kappa shape index (κ2) is 5.82. The van der Waals surface area contributed by atoms with E-state index in [4.69, 9.17) is 21.1 Å². The van der Waals surface area contributed by atoms with Crippen LogP contribution in [0.1, 0.15) is 21.4 Å². The van der Waals surface area contributed by atoms with Crippen molar-refractivity contribution in [1.29, 1.82) is 0 Å². The Kier molecular flexibility index (Phi) is 4.34. The van der Waals surface area contributed by atoms with E-state index in [1.165, 1.54) is 7.11 Å². The topological polar surface area (TPSA) is 38.7 Å². The monoisotopic (exact) mass is 298 g/mol. The molecule has 0 bridgehead atoms. The smallest absolute Gasteiger partial charge is 0.179 e. The van der Waals surface area contributed by atoms with E-state index in [-0.39, 0.29) is 0 Å². The van der Waals surface area contributed by atoms with E-state index in [0.29, 0.717) is 22.1 Å². The number of hydrogen-bond acceptors (Lipinski definition) is 4. The molecule has 0 spiro atoms. The first-order valence-electron chi connectivity index (χ1n) is 5.73. The van der Waals surface area contributed by atoms with Crippen LogP contribution in [-0.2, 0) is 0 Å². The van der Waals surface area contributed by atoms with Crippen LogP contribution in [0.15, 0.2) is 24.3 Å². The molecule has 0 radical (unpaired) electrons. The van der Waals surface area contributed by atoms with E-state index in [9.17, 15) is 5.11 Å². The van der Waals surface area contributed by atoms with Crippen molar-refractivity contribution in [2.75, 3.05) is 14.2 Å². The molecule has 0 saturated heterocycles. The maximum Gasteiger partial charge on any atom is 0.179 e. The second-order valence-corrected chi connectivity index (χ2v) is 5.75. The summed E-state index contributed by atoms with van der Waals surface area (Å²) >= 11 is 7.83. The molecule has 102 valence electrons. The Morgan fingerprint density at radius 2 is 1.89 bits per heavy atom. The standard InChI is InChI=1S/C14H15ClO3S/c1-8-4-7-11(19-8)13(16)9-5-6-10(17-2)14(18-3)12(9)15/h4-7,13,16H,1-3H3. The number of thiophene rings is 1. The SMILES string of the molecule is COc1ccc(C(O)c2ccc(C)s2)c(Cl)c1OC. The van der Waals surface area contributed by atoms with E-state index < -0.39 is 6.10 Å². The first kappa shape index (κ1) is 14.2. The van der Waals surface area contributed by atoms with Crippen molar-refractivity contribution in [3.63, 3.8) is 0 Å². The van der Waals surface area contributed by atoms with Gasteiger partial charge in [-0.2, -0.15) is 0 Å². The fourth-order valence-corrected chi connectivity index (χ4v) is 3.09. The van der Waals surface area contributed by atoms with Crippen LogP contribution in [0.4, 0.5) is 0 Å². The maximum atomic E-state index is 10.4. The van der Waals surface area contributed by atoms with Crippen LogP contribution in [0.3, 0.4) is 0 Å². The molecule has 1 unspecified atom stereocenters. The van der Waals surface area contributed by atoms with Gasteiger partial charge in [-0.3, -0.25) is 0 Å². The summed E-state index contributed by atoms with van der Waals surface area (Å²) in [5.41, 5.74) is 0.612. The number of rotatable bonds is 4. The molecule has 0 aliphatic carbocycles. The van der Waals surface area contributed by atoms with E-state index in [1.807, 2.05) is 19.1 Å². The molecule has 0 amide bonds. The van der Waals surface area contributed by atoms with Crippen molar-refractivity contribution in [2.24, 2.45) is 0 Å². The summed E-state index contributed by atoms with van der Waals surface area (Å²) in [6, 6.07) is 7.36. The molecule has 1 heterocycles. The van der Waals surface area contributed by atoms with Gasteiger partial charge in [-0.1, -0.05) is 17.7 Å². The molecule has 2 aromatic rings. The van der Waals surface area contributed by atoms with Gasteiger partial charge in [-0.15, -0.1) is 11.3 Å². The number of benzene rings is 1. The Morgan fingerprint density at radius 3 is 2.42 bits per heavy atom. The second-order valence-electron chi connectivity index (χ2n) is 4.06. The van der Waals surface area contributed by atoms with Gasteiger partial charge in [0.05, 0.1) is 19.2 Å². The zero-order valence-corrected chi connectivity index (χ0v) is 12.5. The third kappa shape index (κ3) is 2.71. The average molecular weight is 299 g/mol. The molecule has 5 heteroatoms. The van der Waals surface area contributed by atoms with Crippen LogP contribution in [0.5, 0.6) is 11.5 Å². The minimum Gasteiger partial charge on any atom is -0.493 e. The highest BCUT2D eigenvalue weighted by Crippen LogP contribution is 2.41. The minimum atomic E-state index is -0.758. The zero-order valence-electron chi connectivity index (χ0n) is 10.9.